The van der Waals surface area contributed by atoms with Crippen LogP contribution in [0.4, 0.5) is 10.5 Å². The van der Waals surface area contributed by atoms with Crippen LogP contribution in [0.15, 0.2) is 30.3 Å². The van der Waals surface area contributed by atoms with Gasteiger partial charge in [-0.15, -0.1) is 0 Å². The first kappa shape index (κ1) is 14.8. The van der Waals surface area contributed by atoms with E-state index in [2.05, 4.69) is 17.3 Å². The predicted molar refractivity (Wildman–Crippen MR) is 84.8 cm³/mol. The molecule has 2 fully saturated rings. The highest BCUT2D eigenvalue weighted by molar-refractivity contribution is 5.96. The van der Waals surface area contributed by atoms with Crippen molar-refractivity contribution >= 4 is 17.6 Å². The molecule has 0 unspecified atom stereocenters. The second-order valence-corrected chi connectivity index (χ2v) is 5.98. The van der Waals surface area contributed by atoms with Crippen molar-refractivity contribution in [3.05, 3.63) is 30.3 Å². The molecule has 3 rings (SSSR count). The number of nitrogens with zero attached hydrogens (tertiary/aromatic N) is 3. The van der Waals surface area contributed by atoms with E-state index in [0.717, 1.165) is 31.9 Å². The fourth-order valence-electron chi connectivity index (χ4n) is 2.94. The minimum Gasteiger partial charge on any atom is -0.333 e. The van der Waals surface area contributed by atoms with Crippen molar-refractivity contribution < 1.29 is 9.59 Å². The third kappa shape index (κ3) is 3.22. The molecule has 0 bridgehead atoms. The lowest BCUT2D eigenvalue weighted by Crippen LogP contribution is -2.52. The molecule has 0 aromatic heterocycles. The fourth-order valence-corrected chi connectivity index (χ4v) is 2.94. The Morgan fingerprint density at radius 1 is 1.14 bits per heavy atom. The van der Waals surface area contributed by atoms with Gasteiger partial charge >= 0.3 is 6.03 Å². The SMILES string of the molecule is CN1CCN(C(=O)N[C@@H]2CC(=O)N(c3ccccc3)C2)CC1. The zero-order valence-electron chi connectivity index (χ0n) is 12.9. The third-order valence-electron chi connectivity index (χ3n) is 4.31. The highest BCUT2D eigenvalue weighted by atomic mass is 16.2. The van der Waals surface area contributed by atoms with Crippen molar-refractivity contribution in [2.24, 2.45) is 0 Å². The number of benzene rings is 1. The van der Waals surface area contributed by atoms with Gasteiger partial charge in [0, 0.05) is 44.8 Å². The summed E-state index contributed by atoms with van der Waals surface area (Å²) in [6.45, 7) is 3.82. The number of rotatable bonds is 2. The first-order valence-corrected chi connectivity index (χ1v) is 7.73. The van der Waals surface area contributed by atoms with Gasteiger partial charge in [-0.2, -0.15) is 0 Å². The molecule has 1 aromatic carbocycles. The number of carbonyl (C=O) groups is 2. The smallest absolute Gasteiger partial charge is 0.317 e. The Morgan fingerprint density at radius 2 is 1.82 bits per heavy atom. The monoisotopic (exact) mass is 302 g/mol. The van der Waals surface area contributed by atoms with Crippen molar-refractivity contribution in [1.29, 1.82) is 0 Å². The lowest BCUT2D eigenvalue weighted by molar-refractivity contribution is -0.117. The Morgan fingerprint density at radius 3 is 2.50 bits per heavy atom. The molecule has 0 radical (unpaired) electrons. The molecule has 0 spiro atoms. The summed E-state index contributed by atoms with van der Waals surface area (Å²) in [6.07, 6.45) is 0.369. The number of likely N-dealkylation sites (N-methyl/N-ethyl adjacent to an activating group) is 1. The molecule has 6 nitrogen and oxygen atoms in total. The summed E-state index contributed by atoms with van der Waals surface area (Å²) in [5.74, 6) is 0.0647. The van der Waals surface area contributed by atoms with Gasteiger partial charge in [0.25, 0.3) is 0 Å². The minimum atomic E-state index is -0.111. The van der Waals surface area contributed by atoms with Crippen molar-refractivity contribution in [1.82, 2.24) is 15.1 Å². The van der Waals surface area contributed by atoms with E-state index in [1.54, 1.807) is 4.90 Å². The molecular weight excluding hydrogens is 280 g/mol. The number of piperazine rings is 1. The van der Waals surface area contributed by atoms with E-state index >= 15 is 0 Å². The molecule has 3 amide bonds. The summed E-state index contributed by atoms with van der Waals surface area (Å²) in [5.41, 5.74) is 0.892. The van der Waals surface area contributed by atoms with Crippen LogP contribution in [0.2, 0.25) is 0 Å². The third-order valence-corrected chi connectivity index (χ3v) is 4.31. The van der Waals surface area contributed by atoms with E-state index < -0.39 is 0 Å². The normalized spacial score (nSPS) is 23.0. The van der Waals surface area contributed by atoms with Crippen molar-refractivity contribution in [2.45, 2.75) is 12.5 Å². The van der Waals surface area contributed by atoms with Crippen molar-refractivity contribution in [2.75, 3.05) is 44.7 Å². The second-order valence-electron chi connectivity index (χ2n) is 5.98. The van der Waals surface area contributed by atoms with E-state index in [4.69, 9.17) is 0 Å². The summed E-state index contributed by atoms with van der Waals surface area (Å²) in [4.78, 5) is 30.2. The summed E-state index contributed by atoms with van der Waals surface area (Å²) in [6, 6.07) is 9.43. The minimum absolute atomic E-state index is 0.0548. The Labute approximate surface area is 130 Å². The highest BCUT2D eigenvalue weighted by Gasteiger charge is 2.32. The number of hydrogen-bond acceptors (Lipinski definition) is 3. The highest BCUT2D eigenvalue weighted by Crippen LogP contribution is 2.21. The number of carbonyl (C=O) groups excluding carboxylic acids is 2. The molecule has 118 valence electrons. The molecule has 1 N–H and O–H groups in total. The molecule has 22 heavy (non-hydrogen) atoms. The maximum absolute atomic E-state index is 12.3. The molecule has 1 atom stereocenters. The Balaban J connectivity index is 1.56. The number of nitrogens with one attached hydrogen (secondary N) is 1. The van der Waals surface area contributed by atoms with Gasteiger partial charge in [-0.05, 0) is 19.2 Å². The van der Waals surface area contributed by atoms with Gasteiger partial charge in [-0.1, -0.05) is 18.2 Å². The average molecular weight is 302 g/mol. The van der Waals surface area contributed by atoms with Crippen LogP contribution in [-0.4, -0.2) is 67.6 Å². The molecule has 2 heterocycles. The van der Waals surface area contributed by atoms with Crippen LogP contribution < -0.4 is 10.2 Å². The van der Waals surface area contributed by atoms with Crippen LogP contribution in [0.3, 0.4) is 0 Å². The zero-order chi connectivity index (χ0) is 15.5. The molecule has 0 aliphatic carbocycles. The van der Waals surface area contributed by atoms with Gasteiger partial charge in [-0.25, -0.2) is 4.79 Å². The number of amides is 3. The number of anilines is 1. The van der Waals surface area contributed by atoms with Gasteiger partial charge in [0.1, 0.15) is 0 Å². The lowest BCUT2D eigenvalue weighted by Gasteiger charge is -2.33. The summed E-state index contributed by atoms with van der Waals surface area (Å²) >= 11 is 0. The van der Waals surface area contributed by atoms with Crippen LogP contribution >= 0.6 is 0 Å². The quantitative estimate of drug-likeness (QED) is 0.877. The van der Waals surface area contributed by atoms with Crippen LogP contribution in [0.25, 0.3) is 0 Å². The molecule has 2 saturated heterocycles. The van der Waals surface area contributed by atoms with E-state index in [9.17, 15) is 9.59 Å². The molecule has 1 aromatic rings. The van der Waals surface area contributed by atoms with E-state index in [-0.39, 0.29) is 18.0 Å². The zero-order valence-corrected chi connectivity index (χ0v) is 12.9. The van der Waals surface area contributed by atoms with E-state index in [0.29, 0.717) is 13.0 Å². The first-order chi connectivity index (χ1) is 10.6. The van der Waals surface area contributed by atoms with Crippen LogP contribution in [0.1, 0.15) is 6.42 Å². The fraction of sp³-hybridized carbons (Fsp3) is 0.500. The predicted octanol–water partition coefficient (Wildman–Crippen LogP) is 0.749. The van der Waals surface area contributed by atoms with Crippen LogP contribution in [0.5, 0.6) is 0 Å². The topological polar surface area (TPSA) is 55.9 Å². The van der Waals surface area contributed by atoms with Crippen LogP contribution in [-0.2, 0) is 4.79 Å². The number of para-hydroxylation sites is 1. The van der Waals surface area contributed by atoms with E-state index in [1.807, 2.05) is 35.2 Å². The molecule has 2 aliphatic rings. The summed E-state index contributed by atoms with van der Waals surface area (Å²) in [7, 11) is 2.06. The van der Waals surface area contributed by atoms with Gasteiger partial charge in [0.05, 0.1) is 6.04 Å². The Kier molecular flexibility index (Phi) is 4.29. The van der Waals surface area contributed by atoms with Crippen molar-refractivity contribution in [3.63, 3.8) is 0 Å². The summed E-state index contributed by atoms with van der Waals surface area (Å²) < 4.78 is 0. The Hall–Kier alpha value is -2.08. The summed E-state index contributed by atoms with van der Waals surface area (Å²) in [5, 5.41) is 3.00. The van der Waals surface area contributed by atoms with Crippen LogP contribution in [0, 0.1) is 0 Å². The molecule has 2 aliphatic heterocycles. The average Bonchev–Trinajstić information content (AvgIpc) is 2.89. The van der Waals surface area contributed by atoms with Gasteiger partial charge in [-0.3, -0.25) is 4.79 Å². The Bertz CT molecular complexity index is 540. The molecule has 0 saturated carbocycles. The van der Waals surface area contributed by atoms with Gasteiger partial charge < -0.3 is 20.0 Å². The maximum atomic E-state index is 12.3. The maximum Gasteiger partial charge on any atom is 0.317 e. The molecular formula is C16H22N4O2. The number of urea groups is 1. The first-order valence-electron chi connectivity index (χ1n) is 7.73. The van der Waals surface area contributed by atoms with Gasteiger partial charge in [0.15, 0.2) is 0 Å². The second kappa shape index (κ2) is 6.36. The standard InChI is InChI=1S/C16H22N4O2/c1-18-7-9-19(10-8-18)16(22)17-13-11-15(21)20(12-13)14-5-3-2-4-6-14/h2-6,13H,7-12H2,1H3,(H,17,22)/t13-/m1/s1. The number of hydrogen-bond donors (Lipinski definition) is 1. The van der Waals surface area contributed by atoms with Gasteiger partial charge in [0.2, 0.25) is 5.91 Å². The molecule has 6 heteroatoms. The largest absolute Gasteiger partial charge is 0.333 e. The van der Waals surface area contributed by atoms with Crippen molar-refractivity contribution in [3.8, 4) is 0 Å². The van der Waals surface area contributed by atoms with E-state index in [1.165, 1.54) is 0 Å². The lowest BCUT2D eigenvalue weighted by atomic mass is 10.2.